The van der Waals surface area contributed by atoms with Gasteiger partial charge in [0.05, 0.1) is 9.21 Å². The van der Waals surface area contributed by atoms with Gasteiger partial charge < -0.3 is 10.4 Å². The lowest BCUT2D eigenvalue weighted by molar-refractivity contribution is -0.139. The second-order valence-corrected chi connectivity index (χ2v) is 4.34. The quantitative estimate of drug-likeness (QED) is 0.853. The number of aliphatic carboxylic acids is 1. The van der Waals surface area contributed by atoms with Crippen LogP contribution in [0.3, 0.4) is 0 Å². The van der Waals surface area contributed by atoms with Crippen molar-refractivity contribution in [3.8, 4) is 0 Å². The number of halogens is 2. The summed E-state index contributed by atoms with van der Waals surface area (Å²) >= 11 is 6.58. The first-order valence-corrected chi connectivity index (χ1v) is 5.09. The van der Waals surface area contributed by atoms with Crippen LogP contribution in [0.5, 0.6) is 0 Å². The van der Waals surface area contributed by atoms with E-state index in [1.165, 1.54) is 12.1 Å². The van der Waals surface area contributed by atoms with Crippen LogP contribution in [-0.4, -0.2) is 29.7 Å². The number of carbonyl (C=O) groups excluding carboxylic acids is 1. The molecule has 1 aromatic rings. The van der Waals surface area contributed by atoms with Crippen molar-refractivity contribution in [1.29, 1.82) is 0 Å². The van der Waals surface area contributed by atoms with Crippen LogP contribution < -0.4 is 5.32 Å². The van der Waals surface area contributed by atoms with Crippen LogP contribution in [-0.2, 0) is 4.79 Å². The Morgan fingerprint density at radius 2 is 2.27 bits per heavy atom. The number of carbonyl (C=O) groups is 2. The zero-order valence-corrected chi connectivity index (χ0v) is 8.94. The third kappa shape index (κ3) is 3.17. The van der Waals surface area contributed by atoms with Gasteiger partial charge in [-0.2, -0.15) is 0 Å². The SMILES string of the molecule is O=C(NC(CF)C(=O)O)c1ccc(Cl)s1. The van der Waals surface area contributed by atoms with Crippen LogP contribution in [0.1, 0.15) is 9.67 Å². The average Bonchev–Trinajstić information content (AvgIpc) is 2.60. The Morgan fingerprint density at radius 1 is 1.60 bits per heavy atom. The zero-order valence-electron chi connectivity index (χ0n) is 7.37. The van der Waals surface area contributed by atoms with Gasteiger partial charge in [-0.1, -0.05) is 11.6 Å². The first kappa shape index (κ1) is 11.9. The predicted octanol–water partition coefficient (Wildman–Crippen LogP) is 1.55. The Morgan fingerprint density at radius 3 is 2.67 bits per heavy atom. The maximum absolute atomic E-state index is 12.2. The molecule has 1 rings (SSSR count). The van der Waals surface area contributed by atoms with E-state index < -0.39 is 24.6 Å². The van der Waals surface area contributed by atoms with Crippen molar-refractivity contribution < 1.29 is 19.1 Å². The standard InChI is InChI=1S/C8H7ClFNO3S/c9-6-2-1-5(15-6)7(12)11-4(3-10)8(13)14/h1-2,4H,3H2,(H,11,12)(H,13,14). The van der Waals surface area contributed by atoms with Crippen molar-refractivity contribution in [2.45, 2.75) is 6.04 Å². The van der Waals surface area contributed by atoms with Crippen LogP contribution in [0, 0.1) is 0 Å². The molecule has 0 bridgehead atoms. The van der Waals surface area contributed by atoms with Gasteiger partial charge in [0.1, 0.15) is 6.67 Å². The largest absolute Gasteiger partial charge is 0.480 e. The number of amides is 1. The third-order valence-corrected chi connectivity index (χ3v) is 2.78. The summed E-state index contributed by atoms with van der Waals surface area (Å²) in [4.78, 5) is 22.0. The number of alkyl halides is 1. The lowest BCUT2D eigenvalue weighted by atomic mass is 10.3. The number of thiophene rings is 1. The highest BCUT2D eigenvalue weighted by Crippen LogP contribution is 2.21. The molecule has 1 atom stereocenters. The Kier molecular flexibility index (Phi) is 4.05. The fourth-order valence-electron chi connectivity index (χ4n) is 0.832. The fourth-order valence-corrected chi connectivity index (χ4v) is 1.78. The summed E-state index contributed by atoms with van der Waals surface area (Å²) in [6, 6.07) is 1.43. The number of carboxylic acids is 1. The summed E-state index contributed by atoms with van der Waals surface area (Å²) in [6.07, 6.45) is 0. The van der Waals surface area contributed by atoms with Gasteiger partial charge in [-0.3, -0.25) is 4.79 Å². The molecule has 0 fully saturated rings. The lowest BCUT2D eigenvalue weighted by Crippen LogP contribution is -2.42. The van der Waals surface area contributed by atoms with Gasteiger partial charge in [-0.05, 0) is 12.1 Å². The number of rotatable bonds is 4. The summed E-state index contributed by atoms with van der Waals surface area (Å²) < 4.78 is 12.6. The van der Waals surface area contributed by atoms with Crippen molar-refractivity contribution in [1.82, 2.24) is 5.32 Å². The Hall–Kier alpha value is -1.14. The van der Waals surface area contributed by atoms with Gasteiger partial charge in [0, 0.05) is 0 Å². The van der Waals surface area contributed by atoms with Crippen molar-refractivity contribution in [3.63, 3.8) is 0 Å². The summed E-state index contributed by atoms with van der Waals surface area (Å²) in [6.45, 7) is -1.15. The molecule has 0 aliphatic heterocycles. The van der Waals surface area contributed by atoms with E-state index in [4.69, 9.17) is 16.7 Å². The monoisotopic (exact) mass is 251 g/mol. The molecule has 0 aromatic carbocycles. The molecule has 82 valence electrons. The van der Waals surface area contributed by atoms with E-state index in [1.807, 2.05) is 5.32 Å². The molecule has 0 saturated heterocycles. The minimum absolute atomic E-state index is 0.250. The first-order chi connectivity index (χ1) is 7.04. The van der Waals surface area contributed by atoms with Gasteiger partial charge in [0.2, 0.25) is 0 Å². The fraction of sp³-hybridized carbons (Fsp3) is 0.250. The molecule has 7 heteroatoms. The molecule has 0 radical (unpaired) electrons. The van der Waals surface area contributed by atoms with E-state index in [1.54, 1.807) is 0 Å². The average molecular weight is 252 g/mol. The molecule has 4 nitrogen and oxygen atoms in total. The smallest absolute Gasteiger partial charge is 0.328 e. The van der Waals surface area contributed by atoms with E-state index in [0.717, 1.165) is 11.3 Å². The van der Waals surface area contributed by atoms with Crippen LogP contribution in [0.25, 0.3) is 0 Å². The number of hydrogen-bond donors (Lipinski definition) is 2. The normalized spacial score (nSPS) is 12.1. The van der Waals surface area contributed by atoms with Gasteiger partial charge in [-0.15, -0.1) is 11.3 Å². The summed E-state index contributed by atoms with van der Waals surface area (Å²) in [5.74, 6) is -2.05. The summed E-state index contributed by atoms with van der Waals surface area (Å²) in [5, 5.41) is 10.5. The molecule has 1 unspecified atom stereocenters. The highest BCUT2D eigenvalue weighted by molar-refractivity contribution is 7.18. The minimum Gasteiger partial charge on any atom is -0.480 e. The van der Waals surface area contributed by atoms with Crippen molar-refractivity contribution in [2.75, 3.05) is 6.67 Å². The van der Waals surface area contributed by atoms with Crippen molar-refractivity contribution in [2.24, 2.45) is 0 Å². The van der Waals surface area contributed by atoms with Gasteiger partial charge in [0.25, 0.3) is 5.91 Å². The van der Waals surface area contributed by atoms with Crippen LogP contribution in [0.15, 0.2) is 12.1 Å². The summed E-state index contributed by atoms with van der Waals surface area (Å²) in [5.41, 5.74) is 0. The van der Waals surface area contributed by atoms with Crippen molar-refractivity contribution >= 4 is 34.8 Å². The van der Waals surface area contributed by atoms with Gasteiger partial charge in [0.15, 0.2) is 6.04 Å². The molecule has 1 heterocycles. The second kappa shape index (κ2) is 5.09. The number of carboxylic acid groups (broad SMARTS) is 1. The minimum atomic E-state index is -1.52. The molecule has 15 heavy (non-hydrogen) atoms. The lowest BCUT2D eigenvalue weighted by Gasteiger charge is -2.08. The number of hydrogen-bond acceptors (Lipinski definition) is 3. The van der Waals surface area contributed by atoms with E-state index in [-0.39, 0.29) is 4.88 Å². The maximum Gasteiger partial charge on any atom is 0.328 e. The van der Waals surface area contributed by atoms with Gasteiger partial charge in [-0.25, -0.2) is 9.18 Å². The van der Waals surface area contributed by atoms with E-state index in [2.05, 4.69) is 0 Å². The first-order valence-electron chi connectivity index (χ1n) is 3.89. The van der Waals surface area contributed by atoms with E-state index in [0.29, 0.717) is 4.34 Å². The maximum atomic E-state index is 12.2. The van der Waals surface area contributed by atoms with E-state index >= 15 is 0 Å². The van der Waals surface area contributed by atoms with Crippen molar-refractivity contribution in [3.05, 3.63) is 21.3 Å². The predicted molar refractivity (Wildman–Crippen MR) is 54.2 cm³/mol. The molecule has 2 N–H and O–H groups in total. The Balaban J connectivity index is 2.66. The second-order valence-electron chi connectivity index (χ2n) is 2.62. The molecule has 0 spiro atoms. The van der Waals surface area contributed by atoms with Gasteiger partial charge >= 0.3 is 5.97 Å². The van der Waals surface area contributed by atoms with E-state index in [9.17, 15) is 14.0 Å². The molecular formula is C8H7ClFNO3S. The van der Waals surface area contributed by atoms with Crippen LogP contribution in [0.4, 0.5) is 4.39 Å². The topological polar surface area (TPSA) is 66.4 Å². The highest BCUT2D eigenvalue weighted by Gasteiger charge is 2.20. The molecule has 1 aromatic heterocycles. The molecular weight excluding hydrogens is 245 g/mol. The number of nitrogens with one attached hydrogen (secondary N) is 1. The van der Waals surface area contributed by atoms with Crippen LogP contribution >= 0.6 is 22.9 Å². The molecule has 0 saturated carbocycles. The third-order valence-electron chi connectivity index (χ3n) is 1.55. The Bertz CT molecular complexity index is 382. The zero-order chi connectivity index (χ0) is 11.4. The highest BCUT2D eigenvalue weighted by atomic mass is 35.5. The molecule has 0 aliphatic rings. The Labute approximate surface area is 93.7 Å². The summed E-state index contributed by atoms with van der Waals surface area (Å²) in [7, 11) is 0. The molecule has 1 amide bonds. The van der Waals surface area contributed by atoms with Crippen LogP contribution in [0.2, 0.25) is 4.34 Å². The molecule has 0 aliphatic carbocycles.